The van der Waals surface area contributed by atoms with Gasteiger partial charge in [-0.25, -0.2) is 0 Å². The van der Waals surface area contributed by atoms with Gasteiger partial charge in [-0.3, -0.25) is 9.78 Å². The number of pyridine rings is 1. The average Bonchev–Trinajstić information content (AvgIpc) is 2.54. The molecule has 0 saturated heterocycles. The summed E-state index contributed by atoms with van der Waals surface area (Å²) in [4.78, 5) is 16.0. The maximum Gasteiger partial charge on any atom is 0.418 e. The minimum atomic E-state index is -4.51. The van der Waals surface area contributed by atoms with Gasteiger partial charge in [-0.15, -0.1) is 0 Å². The molecule has 24 heavy (non-hydrogen) atoms. The summed E-state index contributed by atoms with van der Waals surface area (Å²) in [5.74, 6) is -0.135. The Morgan fingerprint density at radius 1 is 1.33 bits per heavy atom. The Bertz CT molecular complexity index is 777. The molecule has 0 fully saturated rings. The Morgan fingerprint density at radius 2 is 2.12 bits per heavy atom. The van der Waals surface area contributed by atoms with Gasteiger partial charge in [0.15, 0.2) is 5.78 Å². The number of nitrogens with zero attached hydrogens (tertiary/aromatic N) is 2. The van der Waals surface area contributed by atoms with Crippen LogP contribution in [0.3, 0.4) is 0 Å². The smallest absolute Gasteiger partial charge is 0.368 e. The largest absolute Gasteiger partial charge is 0.418 e. The van der Waals surface area contributed by atoms with Crippen molar-refractivity contribution in [3.63, 3.8) is 0 Å². The van der Waals surface area contributed by atoms with Crippen LogP contribution in [0, 0.1) is 0 Å². The highest BCUT2D eigenvalue weighted by Crippen LogP contribution is 2.37. The number of nitrogens with one attached hydrogen (secondary N) is 1. The lowest BCUT2D eigenvalue weighted by Crippen LogP contribution is -2.40. The van der Waals surface area contributed by atoms with E-state index in [1.54, 1.807) is 0 Å². The predicted octanol–water partition coefficient (Wildman–Crippen LogP) is 3.20. The van der Waals surface area contributed by atoms with Crippen molar-refractivity contribution in [3.05, 3.63) is 47.7 Å². The molecule has 1 aliphatic heterocycles. The van der Waals surface area contributed by atoms with E-state index in [9.17, 15) is 18.0 Å². The van der Waals surface area contributed by atoms with Crippen molar-refractivity contribution < 1.29 is 22.7 Å². The van der Waals surface area contributed by atoms with Crippen molar-refractivity contribution in [2.24, 2.45) is 0 Å². The van der Waals surface area contributed by atoms with Gasteiger partial charge < -0.3 is 10.2 Å². The zero-order chi connectivity index (χ0) is 17.3. The van der Waals surface area contributed by atoms with Crippen LogP contribution in [0.25, 0.3) is 11.3 Å². The molecule has 0 radical (unpaired) electrons. The molecule has 2 aromatic rings. The van der Waals surface area contributed by atoms with Crippen LogP contribution >= 0.6 is 0 Å². The van der Waals surface area contributed by atoms with Crippen molar-refractivity contribution >= 4 is 11.5 Å². The number of Topliss-reactive ketones (excluding diaryl/α,β-unsaturated/α-hetero) is 1. The van der Waals surface area contributed by atoms with Crippen LogP contribution in [-0.4, -0.2) is 36.2 Å². The van der Waals surface area contributed by atoms with Gasteiger partial charge in [-0.05, 0) is 24.3 Å². The number of rotatable bonds is 3. The monoisotopic (exact) mass is 337 g/mol. The number of ether oxygens (including phenoxy) is 1. The number of ketones is 1. The van der Waals surface area contributed by atoms with Gasteiger partial charge in [0.2, 0.25) is 0 Å². The molecule has 126 valence electrons. The summed E-state index contributed by atoms with van der Waals surface area (Å²) in [5.41, 5.74) is 3.12. The summed E-state index contributed by atoms with van der Waals surface area (Å²) < 4.78 is 44.5. The highest BCUT2D eigenvalue weighted by Gasteiger charge is 2.34. The van der Waals surface area contributed by atoms with E-state index in [4.69, 9.17) is 4.74 Å². The molecule has 0 atom stereocenters. The highest BCUT2D eigenvalue weighted by atomic mass is 19.4. The molecule has 1 N–H and O–H groups in total. The summed E-state index contributed by atoms with van der Waals surface area (Å²) in [7, 11) is 1.49. The first-order valence-corrected chi connectivity index (χ1v) is 7.10. The SMILES string of the molecule is COCN1CC(=O)c2ccc(-c3ncccc3C(F)(F)F)cc2N1. The van der Waals surface area contributed by atoms with E-state index >= 15 is 0 Å². The second kappa shape index (κ2) is 6.21. The van der Waals surface area contributed by atoms with E-state index in [0.29, 0.717) is 11.3 Å². The number of hydrogen-bond acceptors (Lipinski definition) is 5. The summed E-state index contributed by atoms with van der Waals surface area (Å²) >= 11 is 0. The molecule has 2 heterocycles. The molecule has 0 spiro atoms. The third-order valence-corrected chi connectivity index (χ3v) is 3.60. The van der Waals surface area contributed by atoms with Crippen molar-refractivity contribution in [2.45, 2.75) is 6.18 Å². The van der Waals surface area contributed by atoms with Crippen LogP contribution in [0.1, 0.15) is 15.9 Å². The number of benzene rings is 1. The van der Waals surface area contributed by atoms with Crippen molar-refractivity contribution in [1.82, 2.24) is 9.99 Å². The Hall–Kier alpha value is -2.45. The van der Waals surface area contributed by atoms with Crippen LogP contribution in [0.4, 0.5) is 18.9 Å². The van der Waals surface area contributed by atoms with Gasteiger partial charge in [0.05, 0.1) is 23.5 Å². The van der Waals surface area contributed by atoms with Gasteiger partial charge in [-0.1, -0.05) is 6.07 Å². The topological polar surface area (TPSA) is 54.5 Å². The number of fused-ring (bicyclic) bond motifs is 1. The van der Waals surface area contributed by atoms with Crippen molar-refractivity contribution in [1.29, 1.82) is 0 Å². The number of hydrogen-bond donors (Lipinski definition) is 1. The number of halogens is 3. The number of carbonyl (C=O) groups excluding carboxylic acids is 1. The fraction of sp³-hybridized carbons (Fsp3) is 0.250. The molecule has 0 bridgehead atoms. The molecule has 0 saturated carbocycles. The van der Waals surface area contributed by atoms with E-state index in [1.807, 2.05) is 0 Å². The van der Waals surface area contributed by atoms with Crippen molar-refractivity contribution in [2.75, 3.05) is 25.8 Å². The first-order valence-electron chi connectivity index (χ1n) is 7.10. The lowest BCUT2D eigenvalue weighted by Gasteiger charge is -2.29. The molecule has 5 nitrogen and oxygen atoms in total. The number of carbonyl (C=O) groups is 1. The molecule has 1 aromatic heterocycles. The van der Waals surface area contributed by atoms with Gasteiger partial charge in [0.25, 0.3) is 0 Å². The number of anilines is 1. The fourth-order valence-corrected chi connectivity index (χ4v) is 2.59. The summed E-state index contributed by atoms with van der Waals surface area (Å²) in [6, 6.07) is 6.71. The normalized spacial score (nSPS) is 15.1. The van der Waals surface area contributed by atoms with E-state index < -0.39 is 11.7 Å². The van der Waals surface area contributed by atoms with Crippen LogP contribution in [-0.2, 0) is 10.9 Å². The summed E-state index contributed by atoms with van der Waals surface area (Å²) in [5, 5.41) is 1.54. The zero-order valence-electron chi connectivity index (χ0n) is 12.7. The van der Waals surface area contributed by atoms with Gasteiger partial charge >= 0.3 is 6.18 Å². The van der Waals surface area contributed by atoms with E-state index in [0.717, 1.165) is 6.07 Å². The number of alkyl halides is 3. The highest BCUT2D eigenvalue weighted by molar-refractivity contribution is 6.04. The van der Waals surface area contributed by atoms with E-state index in [1.165, 1.54) is 42.6 Å². The van der Waals surface area contributed by atoms with Crippen molar-refractivity contribution in [3.8, 4) is 11.3 Å². The summed E-state index contributed by atoms with van der Waals surface area (Å²) in [6.07, 6.45) is -3.20. The molecular weight excluding hydrogens is 323 g/mol. The number of methoxy groups -OCH3 is 1. The molecule has 1 aromatic carbocycles. The minimum absolute atomic E-state index is 0.123. The van der Waals surface area contributed by atoms with Crippen LogP contribution in [0.5, 0.6) is 0 Å². The number of aromatic nitrogens is 1. The molecule has 0 unspecified atom stereocenters. The Morgan fingerprint density at radius 3 is 2.83 bits per heavy atom. The zero-order valence-corrected chi connectivity index (χ0v) is 12.7. The quantitative estimate of drug-likeness (QED) is 0.932. The summed E-state index contributed by atoms with van der Waals surface area (Å²) in [6.45, 7) is 0.296. The molecule has 1 aliphatic rings. The predicted molar refractivity (Wildman–Crippen MR) is 81.2 cm³/mol. The third kappa shape index (κ3) is 3.10. The first-order chi connectivity index (χ1) is 11.4. The number of hydrazine groups is 1. The molecule has 3 rings (SSSR count). The second-order valence-corrected chi connectivity index (χ2v) is 5.31. The second-order valence-electron chi connectivity index (χ2n) is 5.31. The lowest BCUT2D eigenvalue weighted by molar-refractivity contribution is -0.137. The average molecular weight is 337 g/mol. The maximum absolute atomic E-state index is 13.2. The Labute approximate surface area is 136 Å². The van der Waals surface area contributed by atoms with E-state index in [-0.39, 0.29) is 30.3 Å². The minimum Gasteiger partial charge on any atom is -0.368 e. The fourth-order valence-electron chi connectivity index (χ4n) is 2.59. The lowest BCUT2D eigenvalue weighted by atomic mass is 9.99. The van der Waals surface area contributed by atoms with Gasteiger partial charge in [0, 0.05) is 24.4 Å². The standard InChI is InChI=1S/C16H14F3N3O2/c1-24-9-22-8-14(23)11-5-4-10(7-13(11)21-22)15-12(16(17,18)19)3-2-6-20-15/h2-7,21H,8-9H2,1H3. The van der Waals surface area contributed by atoms with Crippen LogP contribution in [0.2, 0.25) is 0 Å². The third-order valence-electron chi connectivity index (χ3n) is 3.60. The van der Waals surface area contributed by atoms with Gasteiger partial charge in [0.1, 0.15) is 6.73 Å². The molecule has 0 aliphatic carbocycles. The van der Waals surface area contributed by atoms with Crippen LogP contribution in [0.15, 0.2) is 36.5 Å². The first kappa shape index (κ1) is 16.4. The maximum atomic E-state index is 13.2. The van der Waals surface area contributed by atoms with E-state index in [2.05, 4.69) is 10.4 Å². The Balaban J connectivity index is 2.04. The Kier molecular flexibility index (Phi) is 4.25. The molecular formula is C16H14F3N3O2. The van der Waals surface area contributed by atoms with Gasteiger partial charge in [-0.2, -0.15) is 18.2 Å². The molecule has 8 heteroatoms. The van der Waals surface area contributed by atoms with Crippen LogP contribution < -0.4 is 5.43 Å². The molecule has 0 amide bonds.